The Labute approximate surface area is 153 Å². The average Bonchev–Trinajstić information content (AvgIpc) is 3.04. The van der Waals surface area contributed by atoms with Gasteiger partial charge in [-0.25, -0.2) is 4.79 Å². The number of halogens is 2. The highest BCUT2D eigenvalue weighted by Crippen LogP contribution is 2.31. The molecule has 25 heavy (non-hydrogen) atoms. The smallest absolute Gasteiger partial charge is 0.335 e. The molecule has 2 aromatic carbocycles. The third kappa shape index (κ3) is 4.26. The zero-order chi connectivity index (χ0) is 17.8. The van der Waals surface area contributed by atoms with Gasteiger partial charge in [0.05, 0.1) is 16.3 Å². The number of azo groups is 1. The topological polar surface area (TPSA) is 75.2 Å². The molecule has 126 valence electrons. The SMILES string of the molecule is O=C(O)c1ccc(N=NCc2ccc(-c3ccc(Cl)cc3Cl)o2)cc1. The van der Waals surface area contributed by atoms with Crippen LogP contribution in [0.25, 0.3) is 11.3 Å². The van der Waals surface area contributed by atoms with Crippen molar-refractivity contribution in [3.8, 4) is 11.3 Å². The maximum absolute atomic E-state index is 10.8. The van der Waals surface area contributed by atoms with Gasteiger partial charge in [0, 0.05) is 10.6 Å². The summed E-state index contributed by atoms with van der Waals surface area (Å²) in [6.45, 7) is 0.256. The van der Waals surface area contributed by atoms with Crippen LogP contribution >= 0.6 is 23.2 Å². The van der Waals surface area contributed by atoms with Crippen LogP contribution < -0.4 is 0 Å². The molecule has 0 radical (unpaired) electrons. The molecular formula is C18H12Cl2N2O3. The van der Waals surface area contributed by atoms with Crippen LogP contribution in [0.5, 0.6) is 0 Å². The molecule has 0 aliphatic rings. The highest BCUT2D eigenvalue weighted by Gasteiger charge is 2.09. The van der Waals surface area contributed by atoms with Gasteiger partial charge >= 0.3 is 5.97 Å². The van der Waals surface area contributed by atoms with Crippen molar-refractivity contribution >= 4 is 34.9 Å². The second-order valence-electron chi connectivity index (χ2n) is 5.14. The Balaban J connectivity index is 1.68. The summed E-state index contributed by atoms with van der Waals surface area (Å²) in [6.07, 6.45) is 0. The van der Waals surface area contributed by atoms with Gasteiger partial charge in [-0.15, -0.1) is 0 Å². The van der Waals surface area contributed by atoms with Gasteiger partial charge in [0.15, 0.2) is 0 Å². The van der Waals surface area contributed by atoms with E-state index in [1.165, 1.54) is 12.1 Å². The molecule has 0 aliphatic carbocycles. The van der Waals surface area contributed by atoms with E-state index in [2.05, 4.69) is 10.2 Å². The van der Waals surface area contributed by atoms with E-state index in [0.717, 1.165) is 5.56 Å². The van der Waals surface area contributed by atoms with Crippen molar-refractivity contribution in [3.05, 3.63) is 76.0 Å². The first kappa shape index (κ1) is 17.2. The monoisotopic (exact) mass is 374 g/mol. The normalized spacial score (nSPS) is 11.1. The summed E-state index contributed by atoms with van der Waals surface area (Å²) < 4.78 is 5.72. The Kier molecular flexibility index (Phi) is 5.16. The molecule has 1 N–H and O–H groups in total. The molecule has 0 bridgehead atoms. The summed E-state index contributed by atoms with van der Waals surface area (Å²) in [5.41, 5.74) is 1.52. The zero-order valence-corrected chi connectivity index (χ0v) is 14.3. The summed E-state index contributed by atoms with van der Waals surface area (Å²) in [5.74, 6) is 0.275. The fourth-order valence-corrected chi connectivity index (χ4v) is 2.66. The van der Waals surface area contributed by atoms with E-state index in [9.17, 15) is 4.79 Å². The van der Waals surface area contributed by atoms with Crippen molar-refractivity contribution < 1.29 is 14.3 Å². The lowest BCUT2D eigenvalue weighted by atomic mass is 10.2. The van der Waals surface area contributed by atoms with E-state index in [1.54, 1.807) is 36.4 Å². The molecule has 5 nitrogen and oxygen atoms in total. The van der Waals surface area contributed by atoms with E-state index < -0.39 is 5.97 Å². The molecule has 1 heterocycles. The molecule has 0 saturated heterocycles. The number of carbonyl (C=O) groups is 1. The molecule has 0 fully saturated rings. The molecule has 1 aromatic heterocycles. The molecule has 0 saturated carbocycles. The number of rotatable bonds is 5. The number of furan rings is 1. The Morgan fingerprint density at radius 1 is 1.04 bits per heavy atom. The summed E-state index contributed by atoms with van der Waals surface area (Å²) in [7, 11) is 0. The minimum absolute atomic E-state index is 0.203. The summed E-state index contributed by atoms with van der Waals surface area (Å²) >= 11 is 12.1. The van der Waals surface area contributed by atoms with Gasteiger partial charge in [0.25, 0.3) is 0 Å². The molecule has 3 rings (SSSR count). The molecule has 7 heteroatoms. The van der Waals surface area contributed by atoms with E-state index in [1.807, 2.05) is 6.07 Å². The number of hydrogen-bond acceptors (Lipinski definition) is 4. The molecular weight excluding hydrogens is 363 g/mol. The van der Waals surface area contributed by atoms with Crippen molar-refractivity contribution in [3.63, 3.8) is 0 Å². The second-order valence-corrected chi connectivity index (χ2v) is 5.99. The Morgan fingerprint density at radius 3 is 2.48 bits per heavy atom. The number of benzene rings is 2. The fourth-order valence-electron chi connectivity index (χ4n) is 2.15. The number of aromatic carboxylic acids is 1. The van der Waals surface area contributed by atoms with Gasteiger partial charge in [-0.05, 0) is 54.6 Å². The quantitative estimate of drug-likeness (QED) is 0.537. The summed E-state index contributed by atoms with van der Waals surface area (Å²) in [4.78, 5) is 10.8. The lowest BCUT2D eigenvalue weighted by molar-refractivity contribution is 0.0697. The zero-order valence-electron chi connectivity index (χ0n) is 12.8. The first-order valence-corrected chi connectivity index (χ1v) is 8.03. The van der Waals surface area contributed by atoms with Crippen LogP contribution in [0, 0.1) is 0 Å². The lowest BCUT2D eigenvalue weighted by Gasteiger charge is -2.01. The average molecular weight is 375 g/mol. The largest absolute Gasteiger partial charge is 0.478 e. The van der Waals surface area contributed by atoms with E-state index >= 15 is 0 Å². The Morgan fingerprint density at radius 2 is 1.80 bits per heavy atom. The summed E-state index contributed by atoms with van der Waals surface area (Å²) in [5, 5.41) is 18.0. The summed E-state index contributed by atoms with van der Waals surface area (Å²) in [6, 6.07) is 14.9. The van der Waals surface area contributed by atoms with Crippen molar-refractivity contribution in [2.75, 3.05) is 0 Å². The minimum Gasteiger partial charge on any atom is -0.478 e. The second kappa shape index (κ2) is 7.51. The van der Waals surface area contributed by atoms with Crippen LogP contribution in [0.15, 0.2) is 69.2 Å². The number of carboxylic acid groups (broad SMARTS) is 1. The highest BCUT2D eigenvalue weighted by atomic mass is 35.5. The number of hydrogen-bond donors (Lipinski definition) is 1. The first-order valence-electron chi connectivity index (χ1n) is 7.28. The van der Waals surface area contributed by atoms with Gasteiger partial charge in [0.1, 0.15) is 18.1 Å². The van der Waals surface area contributed by atoms with Crippen LogP contribution in [0.3, 0.4) is 0 Å². The third-order valence-electron chi connectivity index (χ3n) is 3.39. The van der Waals surface area contributed by atoms with Crippen LogP contribution in [0.4, 0.5) is 5.69 Å². The molecule has 0 amide bonds. The lowest BCUT2D eigenvalue weighted by Crippen LogP contribution is -1.93. The third-order valence-corrected chi connectivity index (χ3v) is 3.93. The van der Waals surface area contributed by atoms with Crippen LogP contribution in [-0.2, 0) is 6.54 Å². The van der Waals surface area contributed by atoms with E-state index in [-0.39, 0.29) is 12.1 Å². The van der Waals surface area contributed by atoms with Gasteiger partial charge in [-0.3, -0.25) is 0 Å². The van der Waals surface area contributed by atoms with E-state index in [4.69, 9.17) is 32.7 Å². The minimum atomic E-state index is -0.979. The van der Waals surface area contributed by atoms with Crippen LogP contribution in [0.2, 0.25) is 10.0 Å². The molecule has 0 atom stereocenters. The van der Waals surface area contributed by atoms with Crippen molar-refractivity contribution in [1.29, 1.82) is 0 Å². The van der Waals surface area contributed by atoms with Crippen molar-refractivity contribution in [1.82, 2.24) is 0 Å². The van der Waals surface area contributed by atoms with Crippen LogP contribution in [0.1, 0.15) is 16.1 Å². The highest BCUT2D eigenvalue weighted by molar-refractivity contribution is 6.36. The van der Waals surface area contributed by atoms with Gasteiger partial charge in [-0.2, -0.15) is 10.2 Å². The predicted octanol–water partition coefficient (Wildman–Crippen LogP) is 6.24. The molecule has 0 aliphatic heterocycles. The Hall–Kier alpha value is -2.63. The standard InChI is InChI=1S/C18H12Cl2N2O3/c19-12-3-7-15(16(20)9-12)17-8-6-14(25-17)10-21-22-13-4-1-11(2-5-13)18(23)24/h1-9H,10H2,(H,23,24). The van der Waals surface area contributed by atoms with Gasteiger partial charge in [0.2, 0.25) is 0 Å². The van der Waals surface area contributed by atoms with Crippen LogP contribution in [-0.4, -0.2) is 11.1 Å². The van der Waals surface area contributed by atoms with E-state index in [0.29, 0.717) is 27.3 Å². The molecule has 0 unspecified atom stereocenters. The fraction of sp³-hybridized carbons (Fsp3) is 0.0556. The molecule has 0 spiro atoms. The number of nitrogens with zero attached hydrogens (tertiary/aromatic N) is 2. The van der Waals surface area contributed by atoms with Gasteiger partial charge < -0.3 is 9.52 Å². The number of carboxylic acids is 1. The molecule has 3 aromatic rings. The maximum atomic E-state index is 10.8. The maximum Gasteiger partial charge on any atom is 0.335 e. The van der Waals surface area contributed by atoms with Gasteiger partial charge in [-0.1, -0.05) is 23.2 Å². The van der Waals surface area contributed by atoms with Crippen molar-refractivity contribution in [2.45, 2.75) is 6.54 Å². The Bertz CT molecular complexity index is 934. The first-order chi connectivity index (χ1) is 12.0. The predicted molar refractivity (Wildman–Crippen MR) is 95.8 cm³/mol. The van der Waals surface area contributed by atoms with Crippen molar-refractivity contribution in [2.24, 2.45) is 10.2 Å².